The Balaban J connectivity index is 1.87. The molecule has 1 aliphatic heterocycles. The van der Waals surface area contributed by atoms with Gasteiger partial charge in [-0.05, 0) is 30.0 Å². The molecule has 0 radical (unpaired) electrons. The number of methoxy groups -OCH3 is 1. The van der Waals surface area contributed by atoms with Gasteiger partial charge in [0.25, 0.3) is 0 Å². The van der Waals surface area contributed by atoms with Crippen LogP contribution in [0.2, 0.25) is 0 Å². The van der Waals surface area contributed by atoms with E-state index in [4.69, 9.17) is 9.47 Å². The van der Waals surface area contributed by atoms with E-state index in [2.05, 4.69) is 18.3 Å². The average molecular weight is 348 g/mol. The van der Waals surface area contributed by atoms with Gasteiger partial charge in [-0.25, -0.2) is 4.79 Å². The van der Waals surface area contributed by atoms with Gasteiger partial charge in [-0.3, -0.25) is 4.79 Å². The second-order valence-electron chi connectivity index (χ2n) is 6.44. The summed E-state index contributed by atoms with van der Waals surface area (Å²) < 4.78 is 10.1. The van der Waals surface area contributed by atoms with Gasteiger partial charge in [0.05, 0.1) is 7.11 Å². The van der Waals surface area contributed by atoms with E-state index in [1.807, 2.05) is 12.1 Å². The smallest absolute Gasteiger partial charge is 0.409 e. The average Bonchev–Trinajstić information content (AvgIpc) is 3.04. The molecule has 1 unspecified atom stereocenters. The fourth-order valence-corrected chi connectivity index (χ4v) is 2.94. The van der Waals surface area contributed by atoms with Gasteiger partial charge >= 0.3 is 12.1 Å². The van der Waals surface area contributed by atoms with Crippen molar-refractivity contribution in [2.24, 2.45) is 0 Å². The number of carbonyl (C=O) groups excluding carboxylic acids is 2. The van der Waals surface area contributed by atoms with Crippen molar-refractivity contribution in [1.82, 2.24) is 4.90 Å². The molecule has 6 heteroatoms. The predicted octanol–water partition coefficient (Wildman–Crippen LogP) is 3.52. The largest absolute Gasteiger partial charge is 0.469 e. The van der Waals surface area contributed by atoms with Crippen LogP contribution in [0.25, 0.3) is 0 Å². The Labute approximate surface area is 149 Å². The first-order valence-corrected chi connectivity index (χ1v) is 8.86. The number of esters is 1. The summed E-state index contributed by atoms with van der Waals surface area (Å²) in [5.41, 5.74) is 3.22. The number of unbranched alkanes of at least 4 members (excludes halogenated alkanes) is 1. The number of hydrogen-bond acceptors (Lipinski definition) is 5. The van der Waals surface area contributed by atoms with E-state index in [0.717, 1.165) is 37.1 Å². The second kappa shape index (κ2) is 9.30. The summed E-state index contributed by atoms with van der Waals surface area (Å²) in [6.45, 7) is 3.88. The first-order chi connectivity index (χ1) is 12.0. The van der Waals surface area contributed by atoms with Crippen LogP contribution in [0.4, 0.5) is 10.5 Å². The highest BCUT2D eigenvalue weighted by Crippen LogP contribution is 2.35. The van der Waals surface area contributed by atoms with Crippen molar-refractivity contribution in [2.45, 2.75) is 45.1 Å². The lowest BCUT2D eigenvalue weighted by Crippen LogP contribution is -2.28. The Morgan fingerprint density at radius 2 is 2.16 bits per heavy atom. The lowest BCUT2D eigenvalue weighted by Gasteiger charge is -2.16. The maximum Gasteiger partial charge on any atom is 0.409 e. The quantitative estimate of drug-likeness (QED) is 0.728. The second-order valence-corrected chi connectivity index (χ2v) is 6.44. The molecule has 0 saturated carbocycles. The Kier molecular flexibility index (Phi) is 7.10. The number of amides is 1. The molecular formula is C19H28N2O4. The Hall–Kier alpha value is -2.24. The van der Waals surface area contributed by atoms with Crippen molar-refractivity contribution >= 4 is 17.7 Å². The highest BCUT2D eigenvalue weighted by Gasteiger charge is 2.23. The fourth-order valence-electron chi connectivity index (χ4n) is 2.94. The number of fused-ring (bicyclic) bond motifs is 1. The molecule has 2 rings (SSSR count). The molecule has 0 fully saturated rings. The molecule has 0 spiro atoms. The summed E-state index contributed by atoms with van der Waals surface area (Å²) in [7, 11) is 3.17. The van der Waals surface area contributed by atoms with Gasteiger partial charge in [0.2, 0.25) is 0 Å². The SMILES string of the molecule is CCCCN(C)C(=O)OCc1ccc2c(c1)NCC2CCC(=O)OC. The lowest BCUT2D eigenvalue weighted by atomic mass is 9.95. The molecule has 1 aromatic carbocycles. The fraction of sp³-hybridized carbons (Fsp3) is 0.579. The molecule has 1 atom stereocenters. The number of anilines is 1. The summed E-state index contributed by atoms with van der Waals surface area (Å²) in [5, 5.41) is 3.37. The van der Waals surface area contributed by atoms with Gasteiger partial charge < -0.3 is 19.7 Å². The summed E-state index contributed by atoms with van der Waals surface area (Å²) in [6.07, 6.45) is 2.92. The normalized spacial score (nSPS) is 15.2. The van der Waals surface area contributed by atoms with Gasteiger partial charge in [0.15, 0.2) is 0 Å². The van der Waals surface area contributed by atoms with Crippen molar-refractivity contribution in [3.63, 3.8) is 0 Å². The number of ether oxygens (including phenoxy) is 2. The lowest BCUT2D eigenvalue weighted by molar-refractivity contribution is -0.140. The van der Waals surface area contributed by atoms with E-state index >= 15 is 0 Å². The minimum Gasteiger partial charge on any atom is -0.469 e. The molecule has 1 aromatic rings. The van der Waals surface area contributed by atoms with E-state index < -0.39 is 0 Å². The maximum absolute atomic E-state index is 11.9. The predicted molar refractivity (Wildman–Crippen MR) is 96.6 cm³/mol. The number of hydrogen-bond donors (Lipinski definition) is 1. The molecule has 0 aliphatic carbocycles. The molecule has 138 valence electrons. The molecule has 1 amide bonds. The number of benzene rings is 1. The number of carbonyl (C=O) groups is 2. The monoisotopic (exact) mass is 348 g/mol. The maximum atomic E-state index is 11.9. The number of nitrogens with zero attached hydrogens (tertiary/aromatic N) is 1. The van der Waals surface area contributed by atoms with E-state index in [9.17, 15) is 9.59 Å². The van der Waals surface area contributed by atoms with Crippen LogP contribution in [0.1, 0.15) is 49.7 Å². The zero-order valence-corrected chi connectivity index (χ0v) is 15.3. The Bertz CT molecular complexity index is 603. The van der Waals surface area contributed by atoms with Crippen molar-refractivity contribution in [3.05, 3.63) is 29.3 Å². The van der Waals surface area contributed by atoms with E-state index in [1.54, 1.807) is 11.9 Å². The molecule has 1 heterocycles. The molecular weight excluding hydrogens is 320 g/mol. The van der Waals surface area contributed by atoms with Gasteiger partial charge in [-0.2, -0.15) is 0 Å². The zero-order chi connectivity index (χ0) is 18.2. The molecule has 0 bridgehead atoms. The summed E-state index contributed by atoms with van der Waals surface area (Å²) in [5.74, 6) is 0.134. The third-order valence-corrected chi connectivity index (χ3v) is 4.54. The Morgan fingerprint density at radius 3 is 2.88 bits per heavy atom. The molecule has 6 nitrogen and oxygen atoms in total. The highest BCUT2D eigenvalue weighted by molar-refractivity contribution is 5.69. The first-order valence-electron chi connectivity index (χ1n) is 8.86. The van der Waals surface area contributed by atoms with Gasteiger partial charge in [0, 0.05) is 38.2 Å². The molecule has 0 aromatic heterocycles. The minimum atomic E-state index is -0.294. The van der Waals surface area contributed by atoms with Crippen molar-refractivity contribution < 1.29 is 19.1 Å². The number of rotatable bonds is 8. The Morgan fingerprint density at radius 1 is 1.36 bits per heavy atom. The van der Waals surface area contributed by atoms with E-state index in [1.165, 1.54) is 12.7 Å². The molecule has 1 N–H and O–H groups in total. The summed E-state index contributed by atoms with van der Waals surface area (Å²) >= 11 is 0. The highest BCUT2D eigenvalue weighted by atomic mass is 16.6. The van der Waals surface area contributed by atoms with Crippen LogP contribution in [0, 0.1) is 0 Å². The molecule has 25 heavy (non-hydrogen) atoms. The van der Waals surface area contributed by atoms with Crippen LogP contribution in [-0.4, -0.2) is 44.2 Å². The molecule has 1 aliphatic rings. The van der Waals surface area contributed by atoms with Gasteiger partial charge in [-0.1, -0.05) is 25.5 Å². The first kappa shape index (κ1) is 19.1. The van der Waals surface area contributed by atoms with Gasteiger partial charge in [0.1, 0.15) is 6.61 Å². The summed E-state index contributed by atoms with van der Waals surface area (Å²) in [6, 6.07) is 6.06. The van der Waals surface area contributed by atoms with Crippen LogP contribution in [0.3, 0.4) is 0 Å². The van der Waals surface area contributed by atoms with Gasteiger partial charge in [-0.15, -0.1) is 0 Å². The minimum absolute atomic E-state index is 0.177. The van der Waals surface area contributed by atoms with Crippen LogP contribution >= 0.6 is 0 Å². The van der Waals surface area contributed by atoms with Crippen LogP contribution in [0.15, 0.2) is 18.2 Å². The third kappa shape index (κ3) is 5.37. The topological polar surface area (TPSA) is 67.9 Å². The van der Waals surface area contributed by atoms with Crippen LogP contribution < -0.4 is 5.32 Å². The van der Waals surface area contributed by atoms with Crippen LogP contribution in [-0.2, 0) is 20.9 Å². The van der Waals surface area contributed by atoms with E-state index in [-0.39, 0.29) is 18.7 Å². The third-order valence-electron chi connectivity index (χ3n) is 4.54. The summed E-state index contributed by atoms with van der Waals surface area (Å²) in [4.78, 5) is 24.8. The van der Waals surface area contributed by atoms with Crippen molar-refractivity contribution in [3.8, 4) is 0 Å². The van der Waals surface area contributed by atoms with E-state index in [0.29, 0.717) is 18.9 Å². The standard InChI is InChI=1S/C19H28N2O4/c1-4-5-10-21(2)19(23)25-13-14-6-8-16-15(7-9-18(22)24-3)12-20-17(16)11-14/h6,8,11,15,20H,4-5,7,9-10,12-13H2,1-3H3. The van der Waals surface area contributed by atoms with Crippen molar-refractivity contribution in [1.29, 1.82) is 0 Å². The molecule has 0 saturated heterocycles. The van der Waals surface area contributed by atoms with Crippen molar-refractivity contribution in [2.75, 3.05) is 32.6 Å². The number of nitrogens with one attached hydrogen (secondary N) is 1. The van der Waals surface area contributed by atoms with Crippen LogP contribution in [0.5, 0.6) is 0 Å². The zero-order valence-electron chi connectivity index (χ0n) is 15.3.